The van der Waals surface area contributed by atoms with Gasteiger partial charge >= 0.3 is 6.03 Å². The molecule has 2 aliphatic heterocycles. The molecule has 2 amide bonds. The Morgan fingerprint density at radius 1 is 1.28 bits per heavy atom. The molecule has 1 aromatic rings. The molecule has 25 heavy (non-hydrogen) atoms. The second-order valence-corrected chi connectivity index (χ2v) is 6.88. The van der Waals surface area contributed by atoms with Crippen molar-refractivity contribution in [2.24, 2.45) is 5.92 Å². The number of Topliss-reactive ketones (excluding diaryl/α,β-unsaturated/α-hetero) is 1. The van der Waals surface area contributed by atoms with Crippen LogP contribution in [-0.4, -0.2) is 56.2 Å². The fourth-order valence-electron chi connectivity index (χ4n) is 3.06. The van der Waals surface area contributed by atoms with Gasteiger partial charge in [0.25, 0.3) is 0 Å². The van der Waals surface area contributed by atoms with Crippen LogP contribution >= 0.6 is 0 Å². The van der Waals surface area contributed by atoms with Gasteiger partial charge in [0.2, 0.25) is 0 Å². The van der Waals surface area contributed by atoms with Gasteiger partial charge in [-0.1, -0.05) is 13.8 Å². The SMILES string of the molecule is CC(C)CCNC(=O)N1CCC(=O)c2nc(N3CCOCC3)ccc21. The van der Waals surface area contributed by atoms with Crippen LogP contribution in [0.1, 0.15) is 37.2 Å². The molecule has 1 fully saturated rings. The lowest BCUT2D eigenvalue weighted by atomic mass is 10.1. The minimum Gasteiger partial charge on any atom is -0.378 e. The van der Waals surface area contributed by atoms with Gasteiger partial charge < -0.3 is 15.0 Å². The van der Waals surface area contributed by atoms with Crippen LogP contribution in [0.2, 0.25) is 0 Å². The van der Waals surface area contributed by atoms with Crippen LogP contribution in [0.15, 0.2) is 12.1 Å². The van der Waals surface area contributed by atoms with Crippen LogP contribution in [0.5, 0.6) is 0 Å². The van der Waals surface area contributed by atoms with Crippen molar-refractivity contribution >= 4 is 23.3 Å². The van der Waals surface area contributed by atoms with E-state index in [1.165, 1.54) is 0 Å². The molecular weight excluding hydrogens is 320 g/mol. The van der Waals surface area contributed by atoms with Gasteiger partial charge in [-0.05, 0) is 24.5 Å². The first-order valence-electron chi connectivity index (χ1n) is 8.98. The van der Waals surface area contributed by atoms with E-state index < -0.39 is 0 Å². The number of carbonyl (C=O) groups is 2. The summed E-state index contributed by atoms with van der Waals surface area (Å²) >= 11 is 0. The Bertz CT molecular complexity index is 641. The lowest BCUT2D eigenvalue weighted by Gasteiger charge is -2.31. The number of nitrogens with one attached hydrogen (secondary N) is 1. The van der Waals surface area contributed by atoms with Crippen molar-refractivity contribution in [1.29, 1.82) is 0 Å². The number of rotatable bonds is 4. The molecule has 0 radical (unpaired) electrons. The first-order valence-corrected chi connectivity index (χ1v) is 8.98. The maximum absolute atomic E-state index is 12.5. The zero-order valence-corrected chi connectivity index (χ0v) is 15.0. The van der Waals surface area contributed by atoms with Crippen LogP contribution in [0.4, 0.5) is 16.3 Å². The molecule has 0 aromatic carbocycles. The van der Waals surface area contributed by atoms with E-state index in [-0.39, 0.29) is 11.8 Å². The first-order chi connectivity index (χ1) is 12.1. The quantitative estimate of drug-likeness (QED) is 0.903. The van der Waals surface area contributed by atoms with E-state index in [1.807, 2.05) is 12.1 Å². The van der Waals surface area contributed by atoms with E-state index in [4.69, 9.17) is 4.74 Å². The number of carbonyl (C=O) groups excluding carboxylic acids is 2. The number of fused-ring (bicyclic) bond motifs is 1. The van der Waals surface area contributed by atoms with Gasteiger partial charge in [-0.2, -0.15) is 0 Å². The highest BCUT2D eigenvalue weighted by Gasteiger charge is 2.29. The van der Waals surface area contributed by atoms with Crippen molar-refractivity contribution < 1.29 is 14.3 Å². The first kappa shape index (κ1) is 17.7. The Morgan fingerprint density at radius 3 is 2.76 bits per heavy atom. The fourth-order valence-corrected chi connectivity index (χ4v) is 3.06. The van der Waals surface area contributed by atoms with Gasteiger partial charge in [-0.3, -0.25) is 9.69 Å². The van der Waals surface area contributed by atoms with Crippen LogP contribution in [0, 0.1) is 5.92 Å². The number of amides is 2. The second kappa shape index (κ2) is 7.82. The van der Waals surface area contributed by atoms with E-state index in [2.05, 4.69) is 29.0 Å². The average Bonchev–Trinajstić information content (AvgIpc) is 2.62. The number of urea groups is 1. The summed E-state index contributed by atoms with van der Waals surface area (Å²) in [4.78, 5) is 33.1. The highest BCUT2D eigenvalue weighted by Crippen LogP contribution is 2.28. The van der Waals surface area contributed by atoms with E-state index in [0.717, 1.165) is 25.3 Å². The third-order valence-electron chi connectivity index (χ3n) is 4.55. The highest BCUT2D eigenvalue weighted by molar-refractivity contribution is 6.07. The van der Waals surface area contributed by atoms with Crippen molar-refractivity contribution in [3.8, 4) is 0 Å². The normalized spacial score (nSPS) is 17.6. The Labute approximate surface area is 148 Å². The minimum atomic E-state index is -0.157. The van der Waals surface area contributed by atoms with E-state index in [9.17, 15) is 9.59 Å². The number of morpholine rings is 1. The van der Waals surface area contributed by atoms with Gasteiger partial charge in [0.05, 0.1) is 18.9 Å². The lowest BCUT2D eigenvalue weighted by Crippen LogP contribution is -2.45. The number of ketones is 1. The van der Waals surface area contributed by atoms with E-state index in [1.54, 1.807) is 4.90 Å². The molecule has 3 rings (SSSR count). The van der Waals surface area contributed by atoms with Gasteiger partial charge in [-0.25, -0.2) is 9.78 Å². The zero-order chi connectivity index (χ0) is 17.8. The number of pyridine rings is 1. The third-order valence-corrected chi connectivity index (χ3v) is 4.55. The molecule has 0 aliphatic carbocycles. The number of anilines is 2. The molecule has 7 nitrogen and oxygen atoms in total. The van der Waals surface area contributed by atoms with Crippen molar-refractivity contribution in [2.75, 3.05) is 49.2 Å². The number of nitrogens with zero attached hydrogens (tertiary/aromatic N) is 3. The topological polar surface area (TPSA) is 74.8 Å². The fraction of sp³-hybridized carbons (Fsp3) is 0.611. The molecule has 7 heteroatoms. The zero-order valence-electron chi connectivity index (χ0n) is 15.0. The van der Waals surface area contributed by atoms with Crippen molar-refractivity contribution in [3.63, 3.8) is 0 Å². The number of hydrogen-bond donors (Lipinski definition) is 1. The number of aromatic nitrogens is 1. The summed E-state index contributed by atoms with van der Waals surface area (Å²) < 4.78 is 5.36. The predicted octanol–water partition coefficient (Wildman–Crippen LogP) is 2.07. The Kier molecular flexibility index (Phi) is 5.53. The summed E-state index contributed by atoms with van der Waals surface area (Å²) in [6, 6.07) is 3.57. The highest BCUT2D eigenvalue weighted by atomic mass is 16.5. The van der Waals surface area contributed by atoms with Crippen LogP contribution in [-0.2, 0) is 4.74 Å². The standard InChI is InChI=1S/C18H26N4O3/c1-13(2)5-7-19-18(24)22-8-6-15(23)17-14(22)3-4-16(20-17)21-9-11-25-12-10-21/h3-4,13H,5-12H2,1-2H3,(H,19,24). The monoisotopic (exact) mass is 346 g/mol. The number of ether oxygens (including phenoxy) is 1. The van der Waals surface area contributed by atoms with E-state index in [0.29, 0.717) is 50.0 Å². The van der Waals surface area contributed by atoms with Crippen LogP contribution in [0.25, 0.3) is 0 Å². The largest absolute Gasteiger partial charge is 0.378 e. The lowest BCUT2D eigenvalue weighted by molar-refractivity contribution is 0.0976. The maximum Gasteiger partial charge on any atom is 0.321 e. The molecule has 0 unspecified atom stereocenters. The smallest absolute Gasteiger partial charge is 0.321 e. The van der Waals surface area contributed by atoms with Gasteiger partial charge in [0.15, 0.2) is 5.78 Å². The summed E-state index contributed by atoms with van der Waals surface area (Å²) in [5.41, 5.74) is 1.00. The van der Waals surface area contributed by atoms with Gasteiger partial charge in [-0.15, -0.1) is 0 Å². The van der Waals surface area contributed by atoms with Gasteiger partial charge in [0, 0.05) is 32.6 Å². The second-order valence-electron chi connectivity index (χ2n) is 6.88. The Hall–Kier alpha value is -2.15. The van der Waals surface area contributed by atoms with Gasteiger partial charge in [0.1, 0.15) is 11.5 Å². The molecule has 136 valence electrons. The molecule has 0 bridgehead atoms. The van der Waals surface area contributed by atoms with Crippen LogP contribution < -0.4 is 15.1 Å². The summed E-state index contributed by atoms with van der Waals surface area (Å²) in [5.74, 6) is 1.31. The summed E-state index contributed by atoms with van der Waals surface area (Å²) in [6.07, 6.45) is 1.24. The molecular formula is C18H26N4O3. The maximum atomic E-state index is 12.5. The molecule has 3 heterocycles. The van der Waals surface area contributed by atoms with Crippen molar-refractivity contribution in [2.45, 2.75) is 26.7 Å². The molecule has 1 N–H and O–H groups in total. The average molecular weight is 346 g/mol. The summed E-state index contributed by atoms with van der Waals surface area (Å²) in [5, 5.41) is 2.94. The molecule has 0 spiro atoms. The summed E-state index contributed by atoms with van der Waals surface area (Å²) in [6.45, 7) is 8.14. The Morgan fingerprint density at radius 2 is 2.04 bits per heavy atom. The molecule has 2 aliphatic rings. The predicted molar refractivity (Wildman–Crippen MR) is 96.4 cm³/mol. The van der Waals surface area contributed by atoms with Crippen LogP contribution in [0.3, 0.4) is 0 Å². The third kappa shape index (κ3) is 4.10. The molecule has 1 aromatic heterocycles. The molecule has 1 saturated heterocycles. The summed E-state index contributed by atoms with van der Waals surface area (Å²) in [7, 11) is 0. The van der Waals surface area contributed by atoms with Crippen molar-refractivity contribution in [1.82, 2.24) is 10.3 Å². The molecule has 0 atom stereocenters. The van der Waals surface area contributed by atoms with E-state index >= 15 is 0 Å². The Balaban J connectivity index is 1.76. The minimum absolute atomic E-state index is 0.00339. The van der Waals surface area contributed by atoms with Crippen molar-refractivity contribution in [3.05, 3.63) is 17.8 Å². The molecule has 0 saturated carbocycles. The number of hydrogen-bond acceptors (Lipinski definition) is 5.